The van der Waals surface area contributed by atoms with Crippen molar-refractivity contribution in [2.75, 3.05) is 0 Å². The van der Waals surface area contributed by atoms with Gasteiger partial charge in [-0.2, -0.15) is 0 Å². The molecule has 0 amide bonds. The van der Waals surface area contributed by atoms with E-state index in [0.717, 1.165) is 11.3 Å². The van der Waals surface area contributed by atoms with Gasteiger partial charge < -0.3 is 4.57 Å². The minimum Gasteiger partial charge on any atom is -0.312 e. The first-order chi connectivity index (χ1) is 7.18. The Morgan fingerprint density at radius 2 is 2.07 bits per heavy atom. The van der Waals surface area contributed by atoms with Gasteiger partial charge in [0.05, 0.1) is 19.9 Å². The average Bonchev–Trinajstić information content (AvgIpc) is 2.85. The lowest BCUT2D eigenvalue weighted by atomic mass is 10.2. The summed E-state index contributed by atoms with van der Waals surface area (Å²) in [5.41, 5.74) is 4.04. The van der Waals surface area contributed by atoms with Gasteiger partial charge in [-0.25, -0.2) is 9.97 Å². The molecule has 78 valence electrons. The predicted molar refractivity (Wildman–Crippen MR) is 65.9 cm³/mol. The molecule has 0 aromatic carbocycles. The van der Waals surface area contributed by atoms with Crippen molar-refractivity contribution in [1.82, 2.24) is 14.5 Å². The highest BCUT2D eigenvalue weighted by Gasteiger charge is 2.16. The molecular weight excluding hydrogens is 226 g/mol. The van der Waals surface area contributed by atoms with Crippen LogP contribution in [0.4, 0.5) is 0 Å². The van der Waals surface area contributed by atoms with Crippen LogP contribution in [0.3, 0.4) is 0 Å². The van der Waals surface area contributed by atoms with Crippen LogP contribution in [0, 0.1) is 0 Å². The Hall–Kier alpha value is -0.940. The third-order valence-corrected chi connectivity index (χ3v) is 4.84. The van der Waals surface area contributed by atoms with Crippen LogP contribution in [0.5, 0.6) is 0 Å². The molecule has 0 aliphatic rings. The summed E-state index contributed by atoms with van der Waals surface area (Å²) in [4.78, 5) is 9.02. The van der Waals surface area contributed by atoms with Crippen molar-refractivity contribution < 1.29 is 0 Å². The number of nitrogens with zero attached hydrogens (tertiary/aromatic N) is 3. The Bertz CT molecular complexity index is 629. The van der Waals surface area contributed by atoms with E-state index in [1.165, 1.54) is 14.4 Å². The summed E-state index contributed by atoms with van der Waals surface area (Å²) in [5.74, 6) is 0.505. The van der Waals surface area contributed by atoms with Crippen molar-refractivity contribution >= 4 is 43.4 Å². The van der Waals surface area contributed by atoms with Crippen LogP contribution in [0.2, 0.25) is 0 Å². The minimum absolute atomic E-state index is 0.505. The number of rotatable bonds is 1. The molecule has 0 unspecified atom stereocenters. The van der Waals surface area contributed by atoms with Crippen LogP contribution < -0.4 is 0 Å². The zero-order valence-electron chi connectivity index (χ0n) is 8.81. The van der Waals surface area contributed by atoms with Gasteiger partial charge in [-0.3, -0.25) is 0 Å². The normalized spacial score (nSPS) is 12.3. The highest BCUT2D eigenvalue weighted by molar-refractivity contribution is 7.26. The molecule has 3 heterocycles. The fourth-order valence-corrected chi connectivity index (χ4v) is 3.74. The molecule has 0 bridgehead atoms. The van der Waals surface area contributed by atoms with Crippen LogP contribution in [0.25, 0.3) is 20.7 Å². The quantitative estimate of drug-likeness (QED) is 0.649. The van der Waals surface area contributed by atoms with E-state index in [4.69, 9.17) is 0 Å². The summed E-state index contributed by atoms with van der Waals surface area (Å²) < 4.78 is 4.65. The predicted octanol–water partition coefficient (Wildman–Crippen LogP) is 3.37. The molecular formula is C10H11N3S2. The number of hydrogen-bond donors (Lipinski definition) is 0. The van der Waals surface area contributed by atoms with Gasteiger partial charge in [0.15, 0.2) is 11.3 Å². The van der Waals surface area contributed by atoms with Gasteiger partial charge in [0.25, 0.3) is 0 Å². The van der Waals surface area contributed by atoms with E-state index in [1.807, 2.05) is 12.6 Å². The van der Waals surface area contributed by atoms with Gasteiger partial charge in [0.2, 0.25) is 0 Å². The second-order valence-electron chi connectivity index (χ2n) is 3.92. The Morgan fingerprint density at radius 1 is 1.27 bits per heavy atom. The summed E-state index contributed by atoms with van der Waals surface area (Å²) >= 11 is 3.50. The lowest BCUT2D eigenvalue weighted by Gasteiger charge is -1.96. The van der Waals surface area contributed by atoms with Gasteiger partial charge in [-0.15, -0.1) is 22.7 Å². The summed E-state index contributed by atoms with van der Waals surface area (Å²) in [6, 6.07) is 0. The van der Waals surface area contributed by atoms with E-state index < -0.39 is 0 Å². The number of aromatic nitrogens is 3. The first kappa shape index (κ1) is 9.30. The average molecular weight is 237 g/mol. The second-order valence-corrected chi connectivity index (χ2v) is 5.81. The molecule has 0 radical (unpaired) electrons. The minimum atomic E-state index is 0.505. The molecule has 5 heteroatoms. The van der Waals surface area contributed by atoms with E-state index in [0.29, 0.717) is 5.92 Å². The second kappa shape index (κ2) is 3.02. The van der Waals surface area contributed by atoms with Crippen molar-refractivity contribution in [2.24, 2.45) is 7.05 Å². The maximum absolute atomic E-state index is 4.67. The van der Waals surface area contributed by atoms with Gasteiger partial charge in [-0.05, 0) is 0 Å². The number of fused-ring (bicyclic) bond motifs is 3. The van der Waals surface area contributed by atoms with Crippen LogP contribution >= 0.6 is 22.7 Å². The largest absolute Gasteiger partial charge is 0.312 e. The fraction of sp³-hybridized carbons (Fsp3) is 0.400. The molecule has 0 aliphatic heterocycles. The maximum atomic E-state index is 4.67. The van der Waals surface area contributed by atoms with E-state index in [9.17, 15) is 0 Å². The Labute approximate surface area is 95.4 Å². The molecule has 0 saturated carbocycles. The van der Waals surface area contributed by atoms with E-state index in [2.05, 4.69) is 28.4 Å². The Morgan fingerprint density at radius 3 is 2.80 bits per heavy atom. The molecule has 3 nitrogen and oxygen atoms in total. The smallest absolute Gasteiger partial charge is 0.154 e. The zero-order valence-corrected chi connectivity index (χ0v) is 10.4. The molecule has 0 fully saturated rings. The lowest BCUT2D eigenvalue weighted by molar-refractivity contribution is 0.848. The SMILES string of the molecule is CC(C)c1nc2c(s1)c1scnc1n2C. The number of hydrogen-bond acceptors (Lipinski definition) is 4. The fourth-order valence-electron chi connectivity index (χ4n) is 1.68. The molecule has 0 spiro atoms. The number of aryl methyl sites for hydroxylation is 1. The first-order valence-corrected chi connectivity index (χ1v) is 6.56. The Kier molecular flexibility index (Phi) is 1.87. The molecule has 3 aromatic heterocycles. The van der Waals surface area contributed by atoms with Crippen molar-refractivity contribution in [1.29, 1.82) is 0 Å². The van der Waals surface area contributed by atoms with Crippen molar-refractivity contribution in [3.05, 3.63) is 10.5 Å². The van der Waals surface area contributed by atoms with Crippen LogP contribution in [0.1, 0.15) is 24.8 Å². The third kappa shape index (κ3) is 1.16. The summed E-state index contributed by atoms with van der Waals surface area (Å²) in [6.07, 6.45) is 0. The summed E-state index contributed by atoms with van der Waals surface area (Å²) in [7, 11) is 2.04. The number of thiazole rings is 2. The third-order valence-electron chi connectivity index (χ3n) is 2.51. The Balaban J connectivity index is 2.44. The summed E-state index contributed by atoms with van der Waals surface area (Å²) in [6.45, 7) is 4.36. The molecule has 15 heavy (non-hydrogen) atoms. The van der Waals surface area contributed by atoms with Gasteiger partial charge in [-0.1, -0.05) is 13.8 Å². The zero-order chi connectivity index (χ0) is 10.6. The molecule has 3 aromatic rings. The monoisotopic (exact) mass is 237 g/mol. The van der Waals surface area contributed by atoms with Crippen LogP contribution in [-0.4, -0.2) is 14.5 Å². The summed E-state index contributed by atoms with van der Waals surface area (Å²) in [5, 5.41) is 1.21. The van der Waals surface area contributed by atoms with Crippen LogP contribution in [0.15, 0.2) is 5.51 Å². The first-order valence-electron chi connectivity index (χ1n) is 4.86. The van der Waals surface area contributed by atoms with Crippen LogP contribution in [-0.2, 0) is 7.05 Å². The maximum Gasteiger partial charge on any atom is 0.154 e. The highest BCUT2D eigenvalue weighted by atomic mass is 32.1. The highest BCUT2D eigenvalue weighted by Crippen LogP contribution is 2.36. The molecule has 0 saturated heterocycles. The molecule has 3 rings (SSSR count). The van der Waals surface area contributed by atoms with E-state index in [1.54, 1.807) is 22.7 Å². The van der Waals surface area contributed by atoms with Gasteiger partial charge >= 0.3 is 0 Å². The van der Waals surface area contributed by atoms with Gasteiger partial charge in [0.1, 0.15) is 0 Å². The van der Waals surface area contributed by atoms with E-state index in [-0.39, 0.29) is 0 Å². The van der Waals surface area contributed by atoms with E-state index >= 15 is 0 Å². The van der Waals surface area contributed by atoms with Crippen molar-refractivity contribution in [2.45, 2.75) is 19.8 Å². The van der Waals surface area contributed by atoms with Crippen molar-refractivity contribution in [3.8, 4) is 0 Å². The molecule has 0 aliphatic carbocycles. The topological polar surface area (TPSA) is 30.7 Å². The lowest BCUT2D eigenvalue weighted by Crippen LogP contribution is -1.90. The van der Waals surface area contributed by atoms with Crippen molar-refractivity contribution in [3.63, 3.8) is 0 Å². The van der Waals surface area contributed by atoms with Gasteiger partial charge in [0, 0.05) is 13.0 Å². The standard InChI is InChI=1S/C10H11N3S2/c1-5(2)10-12-9-7(15-10)6-8(13(9)3)11-4-14-6/h4-5H,1-3H3. The molecule has 0 N–H and O–H groups in total. The molecule has 0 atom stereocenters.